The molecule has 0 saturated carbocycles. The van der Waals surface area contributed by atoms with Gasteiger partial charge in [0.05, 0.1) is 11.8 Å². The van der Waals surface area contributed by atoms with Crippen molar-refractivity contribution in [1.82, 2.24) is 5.43 Å². The predicted molar refractivity (Wildman–Crippen MR) is 105 cm³/mol. The summed E-state index contributed by atoms with van der Waals surface area (Å²) in [5.41, 5.74) is 4.77. The fourth-order valence-corrected chi connectivity index (χ4v) is 2.73. The second-order valence-corrected chi connectivity index (χ2v) is 6.08. The first kappa shape index (κ1) is 17.6. The first-order valence-corrected chi connectivity index (χ1v) is 8.78. The molecule has 0 atom stereocenters. The van der Waals surface area contributed by atoms with Gasteiger partial charge >= 0.3 is 0 Å². The summed E-state index contributed by atoms with van der Waals surface area (Å²) in [5.74, 6) is 1.52. The molecule has 0 bridgehead atoms. The topological polar surface area (TPSA) is 69.2 Å². The van der Waals surface area contributed by atoms with Gasteiger partial charge in [-0.25, -0.2) is 5.43 Å². The monoisotopic (exact) mass is 374 g/mol. The highest BCUT2D eigenvalue weighted by atomic mass is 16.7. The van der Waals surface area contributed by atoms with Crippen molar-refractivity contribution in [1.29, 1.82) is 0 Å². The number of nitrogens with zero attached hydrogens (tertiary/aromatic N) is 1. The molecule has 3 aromatic carbocycles. The Balaban J connectivity index is 1.40. The molecule has 6 heteroatoms. The number of amides is 1. The molecule has 1 aliphatic rings. The maximum atomic E-state index is 12.5. The summed E-state index contributed by atoms with van der Waals surface area (Å²) in [5, 5.41) is 4.03. The second-order valence-electron chi connectivity index (χ2n) is 6.08. The minimum atomic E-state index is -0.347. The number of para-hydroxylation sites is 1. The van der Waals surface area contributed by atoms with Crippen molar-refractivity contribution in [3.63, 3.8) is 0 Å². The lowest BCUT2D eigenvalue weighted by Crippen LogP contribution is -2.18. The number of nitrogens with one attached hydrogen (secondary N) is 1. The van der Waals surface area contributed by atoms with Gasteiger partial charge in [0.15, 0.2) is 11.5 Å². The molecule has 0 aliphatic carbocycles. The van der Waals surface area contributed by atoms with Crippen molar-refractivity contribution >= 4 is 12.1 Å². The summed E-state index contributed by atoms with van der Waals surface area (Å²) in [6.45, 7) is 0.595. The van der Waals surface area contributed by atoms with E-state index in [2.05, 4.69) is 10.5 Å². The van der Waals surface area contributed by atoms with E-state index in [0.29, 0.717) is 29.4 Å². The molecular formula is C22H18N2O4. The van der Waals surface area contributed by atoms with Gasteiger partial charge in [0, 0.05) is 0 Å². The van der Waals surface area contributed by atoms with Crippen LogP contribution in [-0.2, 0) is 6.61 Å². The van der Waals surface area contributed by atoms with E-state index < -0.39 is 0 Å². The summed E-state index contributed by atoms with van der Waals surface area (Å²) in [6.07, 6.45) is 1.55. The predicted octanol–water partition coefficient (Wildman–Crippen LogP) is 3.76. The van der Waals surface area contributed by atoms with Gasteiger partial charge in [-0.05, 0) is 41.5 Å². The standard InChI is InChI=1S/C22H18N2O4/c25-22(24-23-13-17-10-11-20-21(12-17)28-15-27-20)18-8-4-5-9-19(18)26-14-16-6-2-1-3-7-16/h1-13H,14-15H2,(H,24,25). The quantitative estimate of drug-likeness (QED) is 0.527. The smallest absolute Gasteiger partial charge is 0.275 e. The minimum Gasteiger partial charge on any atom is -0.488 e. The highest BCUT2D eigenvalue weighted by molar-refractivity contribution is 5.97. The zero-order chi connectivity index (χ0) is 19.2. The molecule has 0 spiro atoms. The van der Waals surface area contributed by atoms with Gasteiger partial charge in [0.1, 0.15) is 12.4 Å². The lowest BCUT2D eigenvalue weighted by molar-refractivity contribution is 0.0950. The van der Waals surface area contributed by atoms with Crippen LogP contribution in [0.4, 0.5) is 0 Å². The van der Waals surface area contributed by atoms with E-state index in [4.69, 9.17) is 14.2 Å². The van der Waals surface area contributed by atoms with Crippen molar-refractivity contribution < 1.29 is 19.0 Å². The van der Waals surface area contributed by atoms with Crippen LogP contribution in [0.1, 0.15) is 21.5 Å². The minimum absolute atomic E-state index is 0.215. The molecule has 1 aliphatic heterocycles. The van der Waals surface area contributed by atoms with Crippen LogP contribution in [0.3, 0.4) is 0 Å². The molecule has 140 valence electrons. The Morgan fingerprint density at radius 3 is 2.68 bits per heavy atom. The van der Waals surface area contributed by atoms with Gasteiger partial charge in [0.25, 0.3) is 5.91 Å². The van der Waals surface area contributed by atoms with Crippen molar-refractivity contribution in [2.24, 2.45) is 5.10 Å². The van der Waals surface area contributed by atoms with Crippen LogP contribution in [-0.4, -0.2) is 18.9 Å². The number of fused-ring (bicyclic) bond motifs is 1. The second kappa shape index (κ2) is 8.26. The molecule has 1 heterocycles. The Bertz CT molecular complexity index is 1000. The molecule has 6 nitrogen and oxygen atoms in total. The third-order valence-electron chi connectivity index (χ3n) is 4.15. The summed E-state index contributed by atoms with van der Waals surface area (Å²) in [4.78, 5) is 12.5. The molecule has 0 unspecified atom stereocenters. The van der Waals surface area contributed by atoms with Crippen LogP contribution in [0.2, 0.25) is 0 Å². The van der Waals surface area contributed by atoms with E-state index in [9.17, 15) is 4.79 Å². The number of ether oxygens (including phenoxy) is 3. The van der Waals surface area contributed by atoms with Gasteiger partial charge in [0.2, 0.25) is 6.79 Å². The van der Waals surface area contributed by atoms with Crippen LogP contribution in [0, 0.1) is 0 Å². The Kier molecular flexibility index (Phi) is 5.20. The zero-order valence-electron chi connectivity index (χ0n) is 15.0. The third-order valence-corrected chi connectivity index (χ3v) is 4.15. The van der Waals surface area contributed by atoms with Gasteiger partial charge < -0.3 is 14.2 Å². The molecule has 3 aromatic rings. The summed E-state index contributed by atoms with van der Waals surface area (Å²) < 4.78 is 16.4. The molecule has 28 heavy (non-hydrogen) atoms. The number of carbonyl (C=O) groups is 1. The summed E-state index contributed by atoms with van der Waals surface area (Å²) in [7, 11) is 0. The molecule has 0 aromatic heterocycles. The maximum absolute atomic E-state index is 12.5. The summed E-state index contributed by atoms with van der Waals surface area (Å²) in [6, 6.07) is 22.3. The van der Waals surface area contributed by atoms with E-state index >= 15 is 0 Å². The Morgan fingerprint density at radius 2 is 1.79 bits per heavy atom. The molecule has 0 radical (unpaired) electrons. The molecule has 0 saturated heterocycles. The lowest BCUT2D eigenvalue weighted by Gasteiger charge is -2.10. The van der Waals surface area contributed by atoms with Gasteiger partial charge in [-0.2, -0.15) is 5.10 Å². The molecule has 1 N–H and O–H groups in total. The average molecular weight is 374 g/mol. The third kappa shape index (κ3) is 4.12. The highest BCUT2D eigenvalue weighted by Crippen LogP contribution is 2.32. The Labute approximate surface area is 162 Å². The van der Waals surface area contributed by atoms with Crippen LogP contribution in [0.25, 0.3) is 0 Å². The number of hydrazone groups is 1. The van der Waals surface area contributed by atoms with E-state index in [-0.39, 0.29) is 12.7 Å². The van der Waals surface area contributed by atoms with E-state index in [1.54, 1.807) is 36.5 Å². The SMILES string of the molecule is O=C(NN=Cc1ccc2c(c1)OCO2)c1ccccc1OCc1ccccc1. The van der Waals surface area contributed by atoms with Crippen LogP contribution in [0.5, 0.6) is 17.2 Å². The Morgan fingerprint density at radius 1 is 1.00 bits per heavy atom. The maximum Gasteiger partial charge on any atom is 0.275 e. The fraction of sp³-hybridized carbons (Fsp3) is 0.0909. The van der Waals surface area contributed by atoms with Gasteiger partial charge in [-0.15, -0.1) is 0 Å². The molecular weight excluding hydrogens is 356 g/mol. The number of hydrogen-bond acceptors (Lipinski definition) is 5. The van der Waals surface area contributed by atoms with Crippen molar-refractivity contribution in [2.45, 2.75) is 6.61 Å². The molecule has 0 fully saturated rings. The number of rotatable bonds is 6. The normalized spacial score (nSPS) is 12.1. The van der Waals surface area contributed by atoms with Crippen molar-refractivity contribution in [3.8, 4) is 17.2 Å². The van der Waals surface area contributed by atoms with E-state index in [0.717, 1.165) is 11.1 Å². The zero-order valence-corrected chi connectivity index (χ0v) is 15.0. The lowest BCUT2D eigenvalue weighted by atomic mass is 10.2. The van der Waals surface area contributed by atoms with Crippen LogP contribution < -0.4 is 19.6 Å². The van der Waals surface area contributed by atoms with E-state index in [1.165, 1.54) is 0 Å². The van der Waals surface area contributed by atoms with Crippen molar-refractivity contribution in [2.75, 3.05) is 6.79 Å². The van der Waals surface area contributed by atoms with Gasteiger partial charge in [-0.1, -0.05) is 42.5 Å². The van der Waals surface area contributed by atoms with E-state index in [1.807, 2.05) is 42.5 Å². The average Bonchev–Trinajstić information content (AvgIpc) is 3.21. The van der Waals surface area contributed by atoms with Crippen LogP contribution in [0.15, 0.2) is 77.9 Å². The molecule has 4 rings (SSSR count). The van der Waals surface area contributed by atoms with Crippen molar-refractivity contribution in [3.05, 3.63) is 89.5 Å². The number of benzene rings is 3. The highest BCUT2D eigenvalue weighted by Gasteiger charge is 2.13. The van der Waals surface area contributed by atoms with Gasteiger partial charge in [-0.3, -0.25) is 4.79 Å². The largest absolute Gasteiger partial charge is 0.488 e. The number of carbonyl (C=O) groups excluding carboxylic acids is 1. The Hall–Kier alpha value is -3.80. The van der Waals surface area contributed by atoms with Crippen LogP contribution >= 0.6 is 0 Å². The first-order valence-electron chi connectivity index (χ1n) is 8.78. The molecule has 1 amide bonds. The fourth-order valence-electron chi connectivity index (χ4n) is 2.73. The first-order chi connectivity index (χ1) is 13.8. The number of hydrogen-bond donors (Lipinski definition) is 1. The summed E-state index contributed by atoms with van der Waals surface area (Å²) >= 11 is 0.